The average molecular weight is 339 g/mol. The monoisotopic (exact) mass is 338 g/mol. The zero-order valence-corrected chi connectivity index (χ0v) is 14.0. The Morgan fingerprint density at radius 3 is 2.79 bits per heavy atom. The van der Waals surface area contributed by atoms with Gasteiger partial charge in [0.2, 0.25) is 0 Å². The Morgan fingerprint density at radius 2 is 2.00 bits per heavy atom. The molecule has 0 spiro atoms. The van der Waals surface area contributed by atoms with Crippen molar-refractivity contribution in [3.8, 4) is 5.75 Å². The van der Waals surface area contributed by atoms with Crippen LogP contribution in [0.15, 0.2) is 42.5 Å². The maximum Gasteiger partial charge on any atom is 0.256 e. The lowest BCUT2D eigenvalue weighted by Gasteiger charge is -2.03. The first-order valence-corrected chi connectivity index (χ1v) is 7.92. The molecule has 0 unspecified atom stereocenters. The number of para-hydroxylation sites is 1. The number of nitrogens with one attached hydrogen (secondary N) is 1. The summed E-state index contributed by atoms with van der Waals surface area (Å²) in [4.78, 5) is 12.4. The minimum atomic E-state index is -0.137. The number of aromatic nitrogens is 1. The molecule has 0 bridgehead atoms. The first-order valence-electron chi connectivity index (χ1n) is 7.54. The van der Waals surface area contributed by atoms with E-state index in [4.69, 9.17) is 16.3 Å². The standard InChI is InChI=1S/C19H15ClN2O2/c1-22-17-6-4-3-5-12(17)14(18(22)20)10-15-13-9-11(24-2)7-8-16(13)21-19(15)23/h3-10H,1-2H3,(H,21,23)/b15-10-. The molecular formula is C19H15ClN2O2. The van der Waals surface area contributed by atoms with Crippen LogP contribution in [0.25, 0.3) is 22.6 Å². The lowest BCUT2D eigenvalue weighted by Crippen LogP contribution is -2.03. The normalized spacial score (nSPS) is 15.0. The molecule has 0 atom stereocenters. The van der Waals surface area contributed by atoms with E-state index in [-0.39, 0.29) is 5.91 Å². The number of anilines is 1. The van der Waals surface area contributed by atoms with E-state index in [0.717, 1.165) is 27.7 Å². The van der Waals surface area contributed by atoms with Gasteiger partial charge >= 0.3 is 0 Å². The number of halogens is 1. The smallest absolute Gasteiger partial charge is 0.256 e. The highest BCUT2D eigenvalue weighted by Gasteiger charge is 2.25. The predicted molar refractivity (Wildman–Crippen MR) is 97.4 cm³/mol. The van der Waals surface area contributed by atoms with Crippen LogP contribution < -0.4 is 10.1 Å². The molecule has 4 rings (SSSR count). The number of benzene rings is 2. The van der Waals surface area contributed by atoms with Gasteiger partial charge in [-0.25, -0.2) is 0 Å². The molecule has 2 heterocycles. The molecule has 1 aliphatic rings. The number of hydrogen-bond donors (Lipinski definition) is 1. The number of carbonyl (C=O) groups is 1. The number of rotatable bonds is 2. The molecule has 120 valence electrons. The molecule has 3 aromatic rings. The number of methoxy groups -OCH3 is 1. The molecule has 4 nitrogen and oxygen atoms in total. The van der Waals surface area contributed by atoms with E-state index in [1.165, 1.54) is 0 Å². The lowest BCUT2D eigenvalue weighted by atomic mass is 10.0. The van der Waals surface area contributed by atoms with Gasteiger partial charge in [-0.1, -0.05) is 29.8 Å². The van der Waals surface area contributed by atoms with Gasteiger partial charge in [0.1, 0.15) is 10.9 Å². The fourth-order valence-corrected chi connectivity index (χ4v) is 3.36. The van der Waals surface area contributed by atoms with Crippen molar-refractivity contribution in [1.29, 1.82) is 0 Å². The maximum atomic E-state index is 12.4. The van der Waals surface area contributed by atoms with Gasteiger partial charge in [0.05, 0.1) is 7.11 Å². The fourth-order valence-electron chi connectivity index (χ4n) is 3.11. The molecule has 0 aliphatic carbocycles. The maximum absolute atomic E-state index is 12.4. The number of fused-ring (bicyclic) bond motifs is 2. The van der Waals surface area contributed by atoms with Crippen molar-refractivity contribution in [3.05, 3.63) is 58.7 Å². The van der Waals surface area contributed by atoms with E-state index in [0.29, 0.717) is 16.5 Å². The number of aryl methyl sites for hydroxylation is 1. The summed E-state index contributed by atoms with van der Waals surface area (Å²) in [7, 11) is 3.52. The van der Waals surface area contributed by atoms with Crippen LogP contribution >= 0.6 is 11.6 Å². The predicted octanol–water partition coefficient (Wildman–Crippen LogP) is 4.33. The molecule has 1 amide bonds. The molecule has 0 radical (unpaired) electrons. The van der Waals surface area contributed by atoms with Crippen LogP contribution in [0.1, 0.15) is 11.1 Å². The third-order valence-corrected chi connectivity index (χ3v) is 4.83. The van der Waals surface area contributed by atoms with Crippen LogP contribution in [0, 0.1) is 0 Å². The van der Waals surface area contributed by atoms with Crippen molar-refractivity contribution >= 4 is 45.7 Å². The Morgan fingerprint density at radius 1 is 1.21 bits per heavy atom. The number of carbonyl (C=O) groups excluding carboxylic acids is 1. The number of amides is 1. The van der Waals surface area contributed by atoms with Crippen LogP contribution in [0.4, 0.5) is 5.69 Å². The second-order valence-electron chi connectivity index (χ2n) is 5.70. The van der Waals surface area contributed by atoms with Gasteiger partial charge in [0.15, 0.2) is 0 Å². The Labute approximate surface area is 144 Å². The van der Waals surface area contributed by atoms with Crippen LogP contribution in [0.5, 0.6) is 5.75 Å². The van der Waals surface area contributed by atoms with Gasteiger partial charge in [-0.2, -0.15) is 0 Å². The van der Waals surface area contributed by atoms with Gasteiger partial charge in [-0.15, -0.1) is 0 Å². The topological polar surface area (TPSA) is 43.3 Å². The van der Waals surface area contributed by atoms with Gasteiger partial charge in [0, 0.05) is 40.3 Å². The zero-order valence-electron chi connectivity index (χ0n) is 13.3. The highest BCUT2D eigenvalue weighted by atomic mass is 35.5. The first-order chi connectivity index (χ1) is 11.6. The van der Waals surface area contributed by atoms with Crippen LogP contribution in [-0.4, -0.2) is 17.6 Å². The fraction of sp³-hybridized carbons (Fsp3) is 0.105. The van der Waals surface area contributed by atoms with E-state index < -0.39 is 0 Å². The summed E-state index contributed by atoms with van der Waals surface area (Å²) in [5, 5.41) is 4.50. The molecule has 2 aromatic carbocycles. The molecule has 0 saturated heterocycles. The number of hydrogen-bond acceptors (Lipinski definition) is 2. The van der Waals surface area contributed by atoms with Crippen molar-refractivity contribution in [2.45, 2.75) is 0 Å². The zero-order chi connectivity index (χ0) is 16.8. The SMILES string of the molecule is COc1ccc2c(c1)/C(=C/c1c(Cl)n(C)c3ccccc13)C(=O)N2. The third kappa shape index (κ3) is 2.11. The van der Waals surface area contributed by atoms with E-state index in [9.17, 15) is 4.79 Å². The minimum absolute atomic E-state index is 0.137. The van der Waals surface area contributed by atoms with Gasteiger partial charge < -0.3 is 14.6 Å². The Balaban J connectivity index is 1.95. The average Bonchev–Trinajstić information content (AvgIpc) is 3.04. The van der Waals surface area contributed by atoms with Crippen LogP contribution in [-0.2, 0) is 11.8 Å². The van der Waals surface area contributed by atoms with Crippen LogP contribution in [0.3, 0.4) is 0 Å². The van der Waals surface area contributed by atoms with Crippen molar-refractivity contribution < 1.29 is 9.53 Å². The summed E-state index contributed by atoms with van der Waals surface area (Å²) in [6, 6.07) is 13.5. The summed E-state index contributed by atoms with van der Waals surface area (Å²) in [5.41, 5.74) is 4.06. The third-order valence-electron chi connectivity index (χ3n) is 4.37. The van der Waals surface area contributed by atoms with Crippen LogP contribution in [0.2, 0.25) is 5.15 Å². The summed E-state index contributed by atoms with van der Waals surface area (Å²) >= 11 is 6.51. The number of nitrogens with zero attached hydrogens (tertiary/aromatic N) is 1. The molecule has 0 fully saturated rings. The summed E-state index contributed by atoms with van der Waals surface area (Å²) in [6.07, 6.45) is 1.85. The van der Waals surface area contributed by atoms with Crippen molar-refractivity contribution in [1.82, 2.24) is 4.57 Å². The van der Waals surface area contributed by atoms with Gasteiger partial charge in [-0.05, 0) is 30.3 Å². The molecule has 1 aromatic heterocycles. The van der Waals surface area contributed by atoms with Gasteiger partial charge in [-0.3, -0.25) is 4.79 Å². The second kappa shape index (κ2) is 5.42. The minimum Gasteiger partial charge on any atom is -0.497 e. The van der Waals surface area contributed by atoms with E-state index in [2.05, 4.69) is 5.32 Å². The number of ether oxygens (including phenoxy) is 1. The first kappa shape index (κ1) is 14.8. The molecule has 5 heteroatoms. The van der Waals surface area contributed by atoms with E-state index in [1.54, 1.807) is 7.11 Å². The molecule has 1 N–H and O–H groups in total. The molecular weight excluding hydrogens is 324 g/mol. The lowest BCUT2D eigenvalue weighted by molar-refractivity contribution is -0.110. The highest BCUT2D eigenvalue weighted by Crippen LogP contribution is 2.38. The van der Waals surface area contributed by atoms with E-state index in [1.807, 2.05) is 60.2 Å². The second-order valence-corrected chi connectivity index (χ2v) is 6.06. The molecule has 1 aliphatic heterocycles. The summed E-state index contributed by atoms with van der Waals surface area (Å²) < 4.78 is 7.19. The van der Waals surface area contributed by atoms with Crippen molar-refractivity contribution in [3.63, 3.8) is 0 Å². The Hall–Kier alpha value is -2.72. The summed E-state index contributed by atoms with van der Waals surface area (Å²) in [6.45, 7) is 0. The quantitative estimate of drug-likeness (QED) is 0.707. The molecule has 24 heavy (non-hydrogen) atoms. The van der Waals surface area contributed by atoms with Gasteiger partial charge in [0.25, 0.3) is 5.91 Å². The van der Waals surface area contributed by atoms with E-state index >= 15 is 0 Å². The Bertz CT molecular complexity index is 1020. The Kier molecular flexibility index (Phi) is 3.36. The summed E-state index contributed by atoms with van der Waals surface area (Å²) in [5.74, 6) is 0.572. The van der Waals surface area contributed by atoms with Crippen molar-refractivity contribution in [2.24, 2.45) is 7.05 Å². The largest absolute Gasteiger partial charge is 0.497 e. The molecule has 0 saturated carbocycles. The highest BCUT2D eigenvalue weighted by molar-refractivity contribution is 6.38. The van der Waals surface area contributed by atoms with Crippen molar-refractivity contribution in [2.75, 3.05) is 12.4 Å².